The Morgan fingerprint density at radius 2 is 1.66 bits per heavy atom. The largest absolute Gasteiger partial charge is 0.507 e. The SMILES string of the molecule is COc1ccc(-c2cc(=O)c3c(O)c(C)c(OC)c(O[C@@H]4O[C@H](CO)[C@@H](O)[C@H](O)[C@H]4O)c3o2)cc1. The number of hydrogen-bond acceptors (Lipinski definition) is 11. The lowest BCUT2D eigenvalue weighted by atomic mass is 9.99. The average Bonchev–Trinajstić information content (AvgIpc) is 2.87. The maximum Gasteiger partial charge on any atom is 0.229 e. The van der Waals surface area contributed by atoms with Gasteiger partial charge in [0.2, 0.25) is 12.0 Å². The Morgan fingerprint density at radius 3 is 2.26 bits per heavy atom. The molecule has 1 aromatic heterocycles. The molecule has 1 fully saturated rings. The summed E-state index contributed by atoms with van der Waals surface area (Å²) >= 11 is 0. The molecule has 35 heavy (non-hydrogen) atoms. The third kappa shape index (κ3) is 4.28. The van der Waals surface area contributed by atoms with Gasteiger partial charge in [0.1, 0.15) is 47.1 Å². The van der Waals surface area contributed by atoms with Gasteiger partial charge >= 0.3 is 0 Å². The molecule has 1 aliphatic rings. The Bertz CT molecular complexity index is 1270. The van der Waals surface area contributed by atoms with Crippen LogP contribution in [0.25, 0.3) is 22.3 Å². The van der Waals surface area contributed by atoms with Crippen LogP contribution in [0, 0.1) is 6.92 Å². The van der Waals surface area contributed by atoms with Gasteiger partial charge in [-0.2, -0.15) is 0 Å². The number of rotatable bonds is 6. The number of phenols is 1. The Labute approximate surface area is 199 Å². The molecule has 0 amide bonds. The number of hydrogen-bond donors (Lipinski definition) is 5. The predicted molar refractivity (Wildman–Crippen MR) is 122 cm³/mol. The number of methoxy groups -OCH3 is 2. The predicted octanol–water partition coefficient (Wildman–Crippen LogP) is 0.670. The fourth-order valence-electron chi connectivity index (χ4n) is 3.98. The number of aliphatic hydroxyl groups excluding tert-OH is 4. The van der Waals surface area contributed by atoms with E-state index in [-0.39, 0.29) is 39.5 Å². The maximum atomic E-state index is 13.0. The van der Waals surface area contributed by atoms with Crippen LogP contribution in [-0.2, 0) is 4.74 Å². The van der Waals surface area contributed by atoms with Crippen molar-refractivity contribution < 1.29 is 48.9 Å². The summed E-state index contributed by atoms with van der Waals surface area (Å²) in [6.45, 7) is 0.832. The second-order valence-electron chi connectivity index (χ2n) is 8.06. The van der Waals surface area contributed by atoms with Gasteiger partial charge in [0.25, 0.3) is 0 Å². The third-order valence-corrected chi connectivity index (χ3v) is 5.95. The lowest BCUT2D eigenvalue weighted by molar-refractivity contribution is -0.277. The van der Waals surface area contributed by atoms with Gasteiger partial charge < -0.3 is 48.9 Å². The van der Waals surface area contributed by atoms with E-state index in [9.17, 15) is 30.3 Å². The van der Waals surface area contributed by atoms with Crippen molar-refractivity contribution in [1.82, 2.24) is 0 Å². The van der Waals surface area contributed by atoms with Gasteiger partial charge in [-0.25, -0.2) is 0 Å². The molecule has 3 aromatic rings. The van der Waals surface area contributed by atoms with Crippen molar-refractivity contribution in [3.8, 4) is 34.3 Å². The molecule has 11 nitrogen and oxygen atoms in total. The van der Waals surface area contributed by atoms with Crippen LogP contribution in [0.2, 0.25) is 0 Å². The fraction of sp³-hybridized carbons (Fsp3) is 0.375. The maximum absolute atomic E-state index is 13.0. The van der Waals surface area contributed by atoms with E-state index in [1.807, 2.05) is 0 Å². The smallest absolute Gasteiger partial charge is 0.229 e. The summed E-state index contributed by atoms with van der Waals surface area (Å²) in [7, 11) is 2.82. The fourth-order valence-corrected chi connectivity index (χ4v) is 3.98. The molecule has 0 aliphatic carbocycles. The van der Waals surface area contributed by atoms with E-state index in [2.05, 4.69) is 0 Å². The van der Waals surface area contributed by atoms with Crippen LogP contribution >= 0.6 is 0 Å². The summed E-state index contributed by atoms with van der Waals surface area (Å²) in [4.78, 5) is 13.0. The average molecular weight is 490 g/mol. The van der Waals surface area contributed by atoms with E-state index in [0.29, 0.717) is 11.3 Å². The normalized spacial score (nSPS) is 24.4. The first-order valence-electron chi connectivity index (χ1n) is 10.7. The Balaban J connectivity index is 1.90. The van der Waals surface area contributed by atoms with Gasteiger partial charge in [0.15, 0.2) is 16.8 Å². The first-order chi connectivity index (χ1) is 16.7. The Morgan fingerprint density at radius 1 is 0.971 bits per heavy atom. The lowest BCUT2D eigenvalue weighted by Crippen LogP contribution is -2.60. The molecule has 188 valence electrons. The minimum Gasteiger partial charge on any atom is -0.507 e. The summed E-state index contributed by atoms with van der Waals surface area (Å²) in [6.07, 6.45) is -7.81. The van der Waals surface area contributed by atoms with Gasteiger partial charge in [-0.1, -0.05) is 0 Å². The van der Waals surface area contributed by atoms with Crippen LogP contribution < -0.4 is 19.6 Å². The van der Waals surface area contributed by atoms with Crippen molar-refractivity contribution in [2.45, 2.75) is 37.6 Å². The molecule has 2 aromatic carbocycles. The van der Waals surface area contributed by atoms with Crippen LogP contribution in [0.4, 0.5) is 0 Å². The summed E-state index contributed by atoms with van der Waals surface area (Å²) in [5.74, 6) is 0.164. The highest BCUT2D eigenvalue weighted by Gasteiger charge is 2.45. The first kappa shape index (κ1) is 24.8. The molecule has 5 N–H and O–H groups in total. The van der Waals surface area contributed by atoms with Crippen molar-refractivity contribution in [3.63, 3.8) is 0 Å². The minimum atomic E-state index is -1.72. The second kappa shape index (κ2) is 9.72. The van der Waals surface area contributed by atoms with Gasteiger partial charge in [-0.3, -0.25) is 4.79 Å². The Hall–Kier alpha value is -3.35. The molecule has 0 bridgehead atoms. The van der Waals surface area contributed by atoms with E-state index >= 15 is 0 Å². The summed E-state index contributed by atoms with van der Waals surface area (Å²) in [5, 5.41) is 50.6. The summed E-state index contributed by atoms with van der Waals surface area (Å²) in [6, 6.07) is 7.92. The van der Waals surface area contributed by atoms with Crippen molar-refractivity contribution in [2.24, 2.45) is 0 Å². The van der Waals surface area contributed by atoms with Gasteiger partial charge in [-0.05, 0) is 31.2 Å². The van der Waals surface area contributed by atoms with E-state index in [0.717, 1.165) is 0 Å². The molecule has 11 heteroatoms. The monoisotopic (exact) mass is 490 g/mol. The van der Waals surface area contributed by atoms with Crippen LogP contribution in [0.3, 0.4) is 0 Å². The number of aliphatic hydroxyl groups is 4. The van der Waals surface area contributed by atoms with Gasteiger partial charge in [0, 0.05) is 17.2 Å². The van der Waals surface area contributed by atoms with E-state index < -0.39 is 42.7 Å². The van der Waals surface area contributed by atoms with Crippen molar-refractivity contribution in [3.05, 3.63) is 46.1 Å². The number of phenolic OH excluding ortho intramolecular Hbond substituents is 1. The molecular formula is C24H26O11. The molecule has 0 unspecified atom stereocenters. The van der Waals surface area contributed by atoms with Gasteiger partial charge in [0.05, 0.1) is 20.8 Å². The summed E-state index contributed by atoms with van der Waals surface area (Å²) in [5.41, 5.74) is -0.0779. The number of benzene rings is 2. The standard InChI is InChI=1S/C24H26O11/c1-10-17(27)16-13(26)8-14(11-4-6-12(31-2)7-5-11)33-22(16)23(21(10)32-3)35-24-20(30)19(29)18(28)15(9-25)34-24/h4-8,15,18-20,24-25,27-30H,9H2,1-3H3/t15-,18-,19+,20-,24+/m1/s1. The third-order valence-electron chi connectivity index (χ3n) is 5.95. The van der Waals surface area contributed by atoms with Crippen molar-refractivity contribution in [2.75, 3.05) is 20.8 Å². The van der Waals surface area contributed by atoms with Crippen molar-refractivity contribution in [1.29, 1.82) is 0 Å². The molecule has 0 spiro atoms. The zero-order valence-corrected chi connectivity index (χ0v) is 19.2. The number of ether oxygens (including phenoxy) is 4. The molecular weight excluding hydrogens is 464 g/mol. The zero-order chi connectivity index (χ0) is 25.4. The van der Waals surface area contributed by atoms with Crippen LogP contribution in [-0.4, -0.2) is 77.1 Å². The number of fused-ring (bicyclic) bond motifs is 1. The lowest BCUT2D eigenvalue weighted by Gasteiger charge is -2.39. The van der Waals surface area contributed by atoms with Crippen LogP contribution in [0.15, 0.2) is 39.5 Å². The molecule has 4 rings (SSSR count). The van der Waals surface area contributed by atoms with Crippen LogP contribution in [0.5, 0.6) is 23.0 Å². The molecule has 1 saturated heterocycles. The molecule has 2 heterocycles. The first-order valence-corrected chi connectivity index (χ1v) is 10.7. The van der Waals surface area contributed by atoms with Crippen LogP contribution in [0.1, 0.15) is 5.56 Å². The molecule has 0 radical (unpaired) electrons. The molecule has 5 atom stereocenters. The van der Waals surface area contributed by atoms with E-state index in [4.69, 9.17) is 23.4 Å². The molecule has 0 saturated carbocycles. The molecule has 1 aliphatic heterocycles. The highest BCUT2D eigenvalue weighted by Crippen LogP contribution is 2.45. The topological polar surface area (TPSA) is 168 Å². The van der Waals surface area contributed by atoms with Gasteiger partial charge in [-0.15, -0.1) is 0 Å². The second-order valence-corrected chi connectivity index (χ2v) is 8.06. The highest BCUT2D eigenvalue weighted by molar-refractivity contribution is 5.93. The quantitative estimate of drug-likeness (QED) is 0.329. The highest BCUT2D eigenvalue weighted by atomic mass is 16.7. The van der Waals surface area contributed by atoms with E-state index in [1.165, 1.54) is 27.2 Å². The summed E-state index contributed by atoms with van der Waals surface area (Å²) < 4.78 is 27.8. The van der Waals surface area contributed by atoms with Crippen molar-refractivity contribution >= 4 is 11.0 Å². The zero-order valence-electron chi connectivity index (χ0n) is 19.2. The van der Waals surface area contributed by atoms with E-state index in [1.54, 1.807) is 24.3 Å². The minimum absolute atomic E-state index is 0.0120. The number of aromatic hydroxyl groups is 1. The Kier molecular flexibility index (Phi) is 6.88.